The highest BCUT2D eigenvalue weighted by Gasteiger charge is 2.69. The molecule has 0 amide bonds. The van der Waals surface area contributed by atoms with Crippen LogP contribution in [0.4, 0.5) is 0 Å². The van der Waals surface area contributed by atoms with Crippen LogP contribution in [0.25, 0.3) is 0 Å². The number of ketones is 1. The Kier molecular flexibility index (Phi) is 11.4. The van der Waals surface area contributed by atoms with E-state index in [0.717, 1.165) is 18.4 Å². The van der Waals surface area contributed by atoms with Crippen molar-refractivity contribution in [2.24, 2.45) is 58.2 Å². The van der Waals surface area contributed by atoms with Crippen LogP contribution in [0.1, 0.15) is 111 Å². The zero-order valence-electron chi connectivity index (χ0n) is 35.6. The average Bonchev–Trinajstić information content (AvgIpc) is 3.52. The summed E-state index contributed by atoms with van der Waals surface area (Å²) in [4.78, 5) is 69.6. The summed E-state index contributed by atoms with van der Waals surface area (Å²) in [7, 11) is 0. The molecule has 3 saturated carbocycles. The lowest BCUT2D eigenvalue weighted by Gasteiger charge is -2.65. The number of esters is 4. The molecule has 3 aromatic rings. The van der Waals surface area contributed by atoms with Gasteiger partial charge in [0.2, 0.25) is 0 Å². The highest BCUT2D eigenvalue weighted by atomic mass is 16.6. The van der Waals surface area contributed by atoms with Crippen LogP contribution in [-0.2, 0) is 28.5 Å². The first-order valence-corrected chi connectivity index (χ1v) is 21.9. The van der Waals surface area contributed by atoms with Gasteiger partial charge >= 0.3 is 23.9 Å². The average molecular weight is 815 g/mol. The van der Waals surface area contributed by atoms with Gasteiger partial charge in [0.25, 0.3) is 0 Å². The van der Waals surface area contributed by atoms with Gasteiger partial charge in [-0.2, -0.15) is 0 Å². The van der Waals surface area contributed by atoms with Gasteiger partial charge in [-0.05, 0) is 103 Å². The molecule has 9 unspecified atom stereocenters. The Balaban J connectivity index is 1.18. The zero-order chi connectivity index (χ0) is 42.5. The van der Waals surface area contributed by atoms with Gasteiger partial charge in [-0.25, -0.2) is 14.4 Å². The van der Waals surface area contributed by atoms with Crippen LogP contribution in [-0.4, -0.2) is 54.1 Å². The number of carbonyl (C=O) groups excluding carboxylic acids is 5. The summed E-state index contributed by atoms with van der Waals surface area (Å²) in [5, 5.41) is 0. The Morgan fingerprint density at radius 2 is 1.25 bits per heavy atom. The van der Waals surface area contributed by atoms with Gasteiger partial charge in [-0.15, -0.1) is 0 Å². The van der Waals surface area contributed by atoms with Gasteiger partial charge in [0, 0.05) is 36.0 Å². The van der Waals surface area contributed by atoms with Crippen molar-refractivity contribution >= 4 is 29.7 Å². The number of ether oxygens (including phenoxy) is 4. The largest absolute Gasteiger partial charge is 0.462 e. The number of carbonyl (C=O) groups is 5. The summed E-state index contributed by atoms with van der Waals surface area (Å²) in [5.74, 6) is -3.06. The fourth-order valence-electron chi connectivity index (χ4n) is 12.5. The summed E-state index contributed by atoms with van der Waals surface area (Å²) < 4.78 is 25.6. The fraction of sp³-hybridized carbons (Fsp3) is 0.510. The number of fused-ring (bicyclic) bond motifs is 5. The van der Waals surface area contributed by atoms with Gasteiger partial charge in [-0.3, -0.25) is 9.59 Å². The Bertz CT molecular complexity index is 2130. The summed E-state index contributed by atoms with van der Waals surface area (Å²) in [6, 6.07) is 26.5. The second-order valence-electron chi connectivity index (χ2n) is 19.1. The number of benzene rings is 3. The molecule has 1 saturated heterocycles. The summed E-state index contributed by atoms with van der Waals surface area (Å²) in [6.45, 7) is 12.9. The molecule has 1 heterocycles. The standard InChI is InChI=1S/C51H58O9/c1-29(2)35-26-40(57-41(53)27-35)30(3)37-28-38(52)44-42-36(22-24-51(37,44)6)50(5)25-23-39(58-47(54)32-16-10-7-11-17-32)46(60-49(56)34-20-14-9-15-21-34)43(50)31(4)45(42)59-48(55)33-18-12-8-13-19-33/h7-21,28-31,35-36,39-40,42-46H,22-27H2,1-6H3/t30?,31?,35?,36?,39-,40?,42?,43?,44?,45?,46+,50-,51-/m1/s1. The van der Waals surface area contributed by atoms with Gasteiger partial charge in [0.1, 0.15) is 24.4 Å². The highest BCUT2D eigenvalue weighted by Crippen LogP contribution is 2.68. The van der Waals surface area contributed by atoms with Gasteiger partial charge in [0.05, 0.1) is 16.7 Å². The normalized spacial score (nSPS) is 35.1. The van der Waals surface area contributed by atoms with Crippen molar-refractivity contribution in [1.29, 1.82) is 0 Å². The number of hydrogen-bond donors (Lipinski definition) is 0. The third-order valence-electron chi connectivity index (χ3n) is 15.5. The van der Waals surface area contributed by atoms with Crippen molar-refractivity contribution in [1.82, 2.24) is 0 Å². The summed E-state index contributed by atoms with van der Waals surface area (Å²) in [5.41, 5.74) is 1.15. The predicted octanol–water partition coefficient (Wildman–Crippen LogP) is 9.50. The first kappa shape index (κ1) is 41.7. The van der Waals surface area contributed by atoms with Crippen LogP contribution >= 0.6 is 0 Å². The maximum atomic E-state index is 14.8. The Hall–Kier alpha value is -5.05. The number of cyclic esters (lactones) is 1. The van der Waals surface area contributed by atoms with Crippen LogP contribution in [0.3, 0.4) is 0 Å². The third kappa shape index (κ3) is 7.40. The first-order valence-electron chi connectivity index (χ1n) is 21.9. The minimum absolute atomic E-state index is 0.0177. The Labute approximate surface area is 353 Å². The molecule has 4 fully saturated rings. The third-order valence-corrected chi connectivity index (χ3v) is 15.5. The predicted molar refractivity (Wildman–Crippen MR) is 224 cm³/mol. The van der Waals surface area contributed by atoms with Crippen molar-refractivity contribution in [2.45, 2.75) is 104 Å². The summed E-state index contributed by atoms with van der Waals surface area (Å²) >= 11 is 0. The highest BCUT2D eigenvalue weighted by molar-refractivity contribution is 5.97. The topological polar surface area (TPSA) is 122 Å². The monoisotopic (exact) mass is 814 g/mol. The minimum atomic E-state index is -0.866. The van der Waals surface area contributed by atoms with E-state index >= 15 is 0 Å². The van der Waals surface area contributed by atoms with Crippen molar-refractivity contribution in [3.8, 4) is 0 Å². The van der Waals surface area contributed by atoms with Crippen molar-refractivity contribution in [3.63, 3.8) is 0 Å². The second-order valence-corrected chi connectivity index (χ2v) is 19.1. The Morgan fingerprint density at radius 3 is 1.80 bits per heavy atom. The van der Waals surface area contributed by atoms with E-state index in [0.29, 0.717) is 48.3 Å². The maximum absolute atomic E-state index is 14.8. The summed E-state index contributed by atoms with van der Waals surface area (Å²) in [6.07, 6.45) is 2.82. The van der Waals surface area contributed by atoms with Crippen molar-refractivity contribution in [2.75, 3.05) is 0 Å². The molecule has 8 rings (SSSR count). The van der Waals surface area contributed by atoms with Gasteiger partial charge < -0.3 is 18.9 Å². The quantitative estimate of drug-likeness (QED) is 0.154. The van der Waals surface area contributed by atoms with E-state index in [-0.39, 0.29) is 41.5 Å². The lowest BCUT2D eigenvalue weighted by Crippen LogP contribution is -2.67. The minimum Gasteiger partial charge on any atom is -0.462 e. The fourth-order valence-corrected chi connectivity index (χ4v) is 12.5. The van der Waals surface area contributed by atoms with Crippen molar-refractivity contribution in [3.05, 3.63) is 119 Å². The smallest absolute Gasteiger partial charge is 0.338 e. The molecule has 0 bridgehead atoms. The van der Waals surface area contributed by atoms with Gasteiger partial charge in [0.15, 0.2) is 5.78 Å². The van der Waals surface area contributed by atoms with E-state index in [1.54, 1.807) is 72.8 Å². The van der Waals surface area contributed by atoms with Crippen LogP contribution < -0.4 is 0 Å². The molecule has 0 radical (unpaired) electrons. The van der Waals surface area contributed by atoms with Crippen LogP contribution in [0.5, 0.6) is 0 Å². The molecule has 0 spiro atoms. The molecular formula is C51H58O9. The second kappa shape index (κ2) is 16.4. The number of hydrogen-bond acceptors (Lipinski definition) is 9. The van der Waals surface area contributed by atoms with E-state index in [1.807, 2.05) is 31.2 Å². The first-order chi connectivity index (χ1) is 28.7. The zero-order valence-corrected chi connectivity index (χ0v) is 35.6. The van der Waals surface area contributed by atoms with Crippen molar-refractivity contribution < 1.29 is 42.9 Å². The SMILES string of the molecule is CC(C)C1CC(=O)OC(C(C)C2=CC(=O)C3C4C(OC(=O)c5ccccc5)C(C)C5[C@@H](OC(=O)c6ccccc6)[C@H](OC(=O)c6ccccc6)CC[C@]5(C)C4CC[C@]23C)C1. The molecule has 3 aromatic carbocycles. The molecule has 0 N–H and O–H groups in total. The van der Waals surface area contributed by atoms with Crippen LogP contribution in [0.2, 0.25) is 0 Å². The molecule has 9 heteroatoms. The number of allylic oxidation sites excluding steroid dienone is 1. The van der Waals surface area contributed by atoms with E-state index in [4.69, 9.17) is 18.9 Å². The molecule has 4 aliphatic carbocycles. The molecule has 13 atom stereocenters. The van der Waals surface area contributed by atoms with E-state index < -0.39 is 64.8 Å². The molecule has 5 aliphatic rings. The van der Waals surface area contributed by atoms with E-state index in [1.165, 1.54) is 0 Å². The van der Waals surface area contributed by atoms with Crippen LogP contribution in [0.15, 0.2) is 103 Å². The molecule has 9 nitrogen and oxygen atoms in total. The van der Waals surface area contributed by atoms with E-state index in [9.17, 15) is 24.0 Å². The lowest BCUT2D eigenvalue weighted by molar-refractivity contribution is -0.225. The number of rotatable bonds is 9. The molecule has 316 valence electrons. The molecule has 60 heavy (non-hydrogen) atoms. The van der Waals surface area contributed by atoms with Crippen LogP contribution in [0, 0.1) is 58.2 Å². The lowest BCUT2D eigenvalue weighted by atomic mass is 9.41. The molecule has 0 aromatic heterocycles. The van der Waals surface area contributed by atoms with E-state index in [2.05, 4.69) is 34.6 Å². The Morgan fingerprint density at radius 1 is 0.717 bits per heavy atom. The molecular weight excluding hydrogens is 757 g/mol. The molecule has 1 aliphatic heterocycles. The van der Waals surface area contributed by atoms with Gasteiger partial charge in [-0.1, -0.05) is 102 Å². The maximum Gasteiger partial charge on any atom is 0.338 e.